The maximum Gasteiger partial charge on any atom is 0.314 e. The molecule has 1 heterocycles. The van der Waals surface area contributed by atoms with Crippen LogP contribution >= 0.6 is 21.6 Å². The van der Waals surface area contributed by atoms with Gasteiger partial charge in [0, 0.05) is 49.8 Å². The number of rotatable bonds is 14. The van der Waals surface area contributed by atoms with E-state index in [9.17, 15) is 9.90 Å². The molecule has 0 aliphatic carbocycles. The van der Waals surface area contributed by atoms with Gasteiger partial charge in [-0.2, -0.15) is 0 Å². The van der Waals surface area contributed by atoms with E-state index >= 15 is 0 Å². The first kappa shape index (κ1) is 25.3. The molecule has 2 aromatic rings. The topological polar surface area (TPSA) is 121 Å². The van der Waals surface area contributed by atoms with E-state index in [-0.39, 0.29) is 17.8 Å². The van der Waals surface area contributed by atoms with Gasteiger partial charge in [-0.1, -0.05) is 38.9 Å². The number of carbonyl (C=O) groups is 1. The number of benzene rings is 1. The number of amides is 2. The van der Waals surface area contributed by atoms with Crippen LogP contribution in [0, 0.1) is 0 Å². The van der Waals surface area contributed by atoms with Crippen molar-refractivity contribution in [2.75, 3.05) is 45.2 Å². The molecule has 9 nitrogen and oxygen atoms in total. The Morgan fingerprint density at radius 1 is 1.23 bits per heavy atom. The molecule has 0 saturated carbocycles. The molecule has 0 unspecified atom stereocenters. The largest absolute Gasteiger partial charge is 0.508 e. The molecule has 2 amide bonds. The van der Waals surface area contributed by atoms with Crippen molar-refractivity contribution in [3.63, 3.8) is 0 Å². The Labute approximate surface area is 191 Å². The lowest BCUT2D eigenvalue weighted by Crippen LogP contribution is -2.45. The number of nitrogens with zero attached hydrogens (tertiary/aromatic N) is 4. The van der Waals surface area contributed by atoms with E-state index in [1.807, 2.05) is 37.1 Å². The van der Waals surface area contributed by atoms with Crippen LogP contribution in [-0.4, -0.2) is 82.3 Å². The zero-order chi connectivity index (χ0) is 22.5. The molecule has 0 aliphatic rings. The molecule has 0 bridgehead atoms. The normalized spacial score (nSPS) is 12.1. The van der Waals surface area contributed by atoms with Gasteiger partial charge in [0.25, 0.3) is 0 Å². The van der Waals surface area contributed by atoms with Gasteiger partial charge in [0.2, 0.25) is 0 Å². The molecule has 1 atom stereocenters. The fourth-order valence-corrected chi connectivity index (χ4v) is 4.59. The Morgan fingerprint density at radius 3 is 2.68 bits per heavy atom. The number of hydrogen-bond donors (Lipinski definition) is 4. The van der Waals surface area contributed by atoms with E-state index < -0.39 is 0 Å². The van der Waals surface area contributed by atoms with Gasteiger partial charge in [0.05, 0.1) is 12.2 Å². The van der Waals surface area contributed by atoms with Crippen LogP contribution in [0.2, 0.25) is 0 Å². The van der Waals surface area contributed by atoms with Crippen LogP contribution in [0.5, 0.6) is 5.75 Å². The average molecular weight is 468 g/mol. The third-order valence-corrected chi connectivity index (χ3v) is 7.00. The van der Waals surface area contributed by atoms with Gasteiger partial charge in [0.1, 0.15) is 5.75 Å². The summed E-state index contributed by atoms with van der Waals surface area (Å²) in [5.74, 6) is 2.15. The summed E-state index contributed by atoms with van der Waals surface area (Å²) in [4.78, 5) is 14.2. The third kappa shape index (κ3) is 10.3. The third-order valence-electron chi connectivity index (χ3n) is 4.58. The lowest BCUT2D eigenvalue weighted by Gasteiger charge is -2.25. The highest BCUT2D eigenvalue weighted by Gasteiger charge is 2.14. The van der Waals surface area contributed by atoms with E-state index in [1.54, 1.807) is 33.7 Å². The van der Waals surface area contributed by atoms with E-state index in [0.717, 1.165) is 35.7 Å². The first-order valence-electron chi connectivity index (χ1n) is 10.3. The molecule has 0 spiro atoms. The number of urea groups is 1. The molecule has 2 rings (SSSR count). The van der Waals surface area contributed by atoms with Crippen LogP contribution in [-0.2, 0) is 19.4 Å². The molecule has 31 heavy (non-hydrogen) atoms. The molecule has 0 saturated heterocycles. The van der Waals surface area contributed by atoms with Gasteiger partial charge in [-0.15, -0.1) is 5.10 Å². The van der Waals surface area contributed by atoms with E-state index in [4.69, 9.17) is 5.73 Å². The number of aromatic hydroxyl groups is 1. The molecule has 0 aliphatic heterocycles. The van der Waals surface area contributed by atoms with Crippen LogP contribution < -0.4 is 16.4 Å². The summed E-state index contributed by atoms with van der Waals surface area (Å²) in [6, 6.07) is 7.11. The van der Waals surface area contributed by atoms with Gasteiger partial charge < -0.3 is 26.4 Å². The Morgan fingerprint density at radius 2 is 1.97 bits per heavy atom. The van der Waals surface area contributed by atoms with E-state index in [2.05, 4.69) is 25.8 Å². The summed E-state index contributed by atoms with van der Waals surface area (Å²) < 4.78 is 1.83. The maximum absolute atomic E-state index is 12.2. The van der Waals surface area contributed by atoms with Crippen LogP contribution in [0.25, 0.3) is 0 Å². The predicted octanol–water partition coefficient (Wildman–Crippen LogP) is 1.34. The lowest BCUT2D eigenvalue weighted by atomic mass is 10.1. The second-order valence-corrected chi connectivity index (χ2v) is 9.98. The van der Waals surface area contributed by atoms with Crippen molar-refractivity contribution < 1.29 is 9.90 Å². The highest BCUT2D eigenvalue weighted by Crippen LogP contribution is 2.20. The summed E-state index contributed by atoms with van der Waals surface area (Å²) >= 11 is 0. The second kappa shape index (κ2) is 14.2. The Balaban J connectivity index is 1.65. The van der Waals surface area contributed by atoms with E-state index in [1.165, 1.54) is 0 Å². The molecule has 0 radical (unpaired) electrons. The van der Waals surface area contributed by atoms with Gasteiger partial charge in [0.15, 0.2) is 0 Å². The number of aromatic nitrogens is 3. The van der Waals surface area contributed by atoms with Gasteiger partial charge in [-0.05, 0) is 38.2 Å². The molecule has 11 heteroatoms. The number of carbonyl (C=O) groups excluding carboxylic acids is 1. The van der Waals surface area contributed by atoms with Gasteiger partial charge in [-0.25, -0.2) is 4.79 Å². The summed E-state index contributed by atoms with van der Waals surface area (Å²) in [5.41, 5.74) is 7.44. The van der Waals surface area contributed by atoms with Crippen molar-refractivity contribution in [1.82, 2.24) is 30.5 Å². The van der Waals surface area contributed by atoms with Crippen molar-refractivity contribution in [3.05, 3.63) is 41.7 Å². The van der Waals surface area contributed by atoms with Crippen molar-refractivity contribution in [3.8, 4) is 5.75 Å². The average Bonchev–Trinajstić information content (AvgIpc) is 3.19. The molecular weight excluding hydrogens is 434 g/mol. The summed E-state index contributed by atoms with van der Waals surface area (Å²) in [6.07, 6.45) is 3.33. The second-order valence-electron chi connectivity index (χ2n) is 7.28. The number of nitrogens with one attached hydrogen (secondary N) is 2. The minimum absolute atomic E-state index is 0.149. The molecule has 5 N–H and O–H groups in total. The summed E-state index contributed by atoms with van der Waals surface area (Å²) in [7, 11) is 7.53. The van der Waals surface area contributed by atoms with Crippen LogP contribution in [0.1, 0.15) is 11.3 Å². The molecular formula is C20H33N7O2S2. The number of likely N-dealkylation sites (N-methyl/N-ethyl adjacent to an activating group) is 1. The quantitative estimate of drug-likeness (QED) is 0.243. The zero-order valence-electron chi connectivity index (χ0n) is 18.2. The van der Waals surface area contributed by atoms with Crippen molar-refractivity contribution in [1.29, 1.82) is 0 Å². The first-order chi connectivity index (χ1) is 15.0. The fraction of sp³-hybridized carbons (Fsp3) is 0.550. The number of phenols is 1. The number of nitrogens with two attached hydrogens (primary N) is 1. The minimum Gasteiger partial charge on any atom is -0.508 e. The highest BCUT2D eigenvalue weighted by atomic mass is 33.1. The molecule has 1 aromatic carbocycles. The smallest absolute Gasteiger partial charge is 0.314 e. The molecule has 1 aromatic heterocycles. The number of aryl methyl sites for hydroxylation is 1. The number of hydrogen-bond acceptors (Lipinski definition) is 8. The Kier molecular flexibility index (Phi) is 11.6. The van der Waals surface area contributed by atoms with E-state index in [0.29, 0.717) is 26.1 Å². The number of phenolic OH excluding ortho intramolecular Hbond substituents is 1. The Bertz CT molecular complexity index is 771. The van der Waals surface area contributed by atoms with Crippen molar-refractivity contribution >= 4 is 27.6 Å². The first-order valence-corrected chi connectivity index (χ1v) is 12.8. The Hall–Kier alpha value is -1.95. The molecule has 172 valence electrons. The standard InChI is InChI=1S/C20H33N7O2S2/c1-26(2)18(13-16-3-5-19(28)6-4-16)14-23-20(29)22-9-7-17-15-27(25-24-17)10-12-31-30-11-8-21/h3-6,15,18,28H,7-14,21H2,1-2H3,(H2,22,23,29)/t18-/m0/s1. The van der Waals surface area contributed by atoms with Crippen LogP contribution in [0.3, 0.4) is 0 Å². The van der Waals surface area contributed by atoms with Crippen LogP contribution in [0.15, 0.2) is 30.5 Å². The van der Waals surface area contributed by atoms with Gasteiger partial charge >= 0.3 is 6.03 Å². The van der Waals surface area contributed by atoms with Crippen molar-refractivity contribution in [2.24, 2.45) is 5.73 Å². The fourth-order valence-electron chi connectivity index (χ4n) is 2.78. The summed E-state index contributed by atoms with van der Waals surface area (Å²) in [5, 5.41) is 23.5. The maximum atomic E-state index is 12.2. The SMILES string of the molecule is CN(C)[C@H](CNC(=O)NCCc1cn(CCSSCCN)nn1)Cc1ccc(O)cc1. The highest BCUT2D eigenvalue weighted by molar-refractivity contribution is 8.76. The summed E-state index contributed by atoms with van der Waals surface area (Å²) in [6.45, 7) is 2.52. The lowest BCUT2D eigenvalue weighted by molar-refractivity contribution is 0.232. The van der Waals surface area contributed by atoms with Crippen LogP contribution in [0.4, 0.5) is 4.79 Å². The molecule has 0 fully saturated rings. The minimum atomic E-state index is -0.196. The zero-order valence-corrected chi connectivity index (χ0v) is 19.8. The van der Waals surface area contributed by atoms with Gasteiger partial charge in [-0.3, -0.25) is 4.68 Å². The van der Waals surface area contributed by atoms with Crippen molar-refractivity contribution in [2.45, 2.75) is 25.4 Å². The monoisotopic (exact) mass is 467 g/mol. The predicted molar refractivity (Wildman–Crippen MR) is 128 cm³/mol.